The van der Waals surface area contributed by atoms with Crippen molar-refractivity contribution in [2.45, 2.75) is 71.1 Å². The van der Waals surface area contributed by atoms with Gasteiger partial charge in [-0.05, 0) is 18.6 Å². The molecule has 49 heavy (non-hydrogen) atoms. The van der Waals surface area contributed by atoms with Crippen molar-refractivity contribution >= 4 is 0 Å². The third kappa shape index (κ3) is 37.7. The molecule has 0 aliphatic rings. The van der Waals surface area contributed by atoms with Crippen molar-refractivity contribution in [3.8, 4) is 5.75 Å². The molecule has 0 N–H and O–H groups in total. The molecule has 0 aliphatic carbocycles. The van der Waals surface area contributed by atoms with Gasteiger partial charge in [-0.25, -0.2) is 0 Å². The van der Waals surface area contributed by atoms with E-state index in [1.54, 1.807) is 0 Å². The summed E-state index contributed by atoms with van der Waals surface area (Å²) < 4.78 is 60.8. The summed E-state index contributed by atoms with van der Waals surface area (Å²) in [6.07, 6.45) is 13.4. The lowest BCUT2D eigenvalue weighted by Crippen LogP contribution is -2.15. The Hall–Kier alpha value is -1.38. The fourth-order valence-electron chi connectivity index (χ4n) is 4.51. The van der Waals surface area contributed by atoms with Crippen LogP contribution in [0.1, 0.15) is 71.1 Å². The van der Waals surface area contributed by atoms with E-state index in [1.165, 1.54) is 57.8 Å². The summed E-state index contributed by atoms with van der Waals surface area (Å²) in [4.78, 5) is 0. The molecule has 288 valence electrons. The third-order valence-corrected chi connectivity index (χ3v) is 7.23. The van der Waals surface area contributed by atoms with Crippen LogP contribution >= 0.6 is 0 Å². The maximum Gasteiger partial charge on any atom is 0.119 e. The van der Waals surface area contributed by atoms with Crippen LogP contribution in [0.15, 0.2) is 30.3 Å². The molecule has 0 saturated heterocycles. The second kappa shape index (κ2) is 41.0. The molecule has 0 spiro atoms. The lowest BCUT2D eigenvalue weighted by atomic mass is 10.1. The van der Waals surface area contributed by atoms with Crippen molar-refractivity contribution in [1.82, 2.24) is 0 Å². The number of unbranched alkanes of at least 4 members (excludes halogenated alkanes) is 9. The molecular formula is C38H70O11. The van der Waals surface area contributed by atoms with Gasteiger partial charge < -0.3 is 52.1 Å². The Morgan fingerprint density at radius 3 is 0.878 bits per heavy atom. The van der Waals surface area contributed by atoms with Gasteiger partial charge in [-0.1, -0.05) is 82.9 Å². The number of hydrogen-bond acceptors (Lipinski definition) is 11. The van der Waals surface area contributed by atoms with E-state index in [4.69, 9.17) is 52.1 Å². The molecule has 0 atom stereocenters. The van der Waals surface area contributed by atoms with Crippen LogP contribution in [-0.4, -0.2) is 139 Å². The van der Waals surface area contributed by atoms with Crippen LogP contribution in [0.25, 0.3) is 0 Å². The van der Waals surface area contributed by atoms with Crippen LogP contribution in [-0.2, 0) is 47.4 Å². The third-order valence-electron chi connectivity index (χ3n) is 7.23. The topological polar surface area (TPSA) is 102 Å². The van der Waals surface area contributed by atoms with Gasteiger partial charge in [0.25, 0.3) is 0 Å². The molecule has 0 bridgehead atoms. The first kappa shape index (κ1) is 45.6. The van der Waals surface area contributed by atoms with Crippen LogP contribution in [0.2, 0.25) is 0 Å². The van der Waals surface area contributed by atoms with Crippen LogP contribution in [0.4, 0.5) is 0 Å². The van der Waals surface area contributed by atoms with E-state index < -0.39 is 0 Å². The fourth-order valence-corrected chi connectivity index (χ4v) is 4.51. The molecule has 1 aromatic rings. The van der Waals surface area contributed by atoms with E-state index in [9.17, 15) is 0 Å². The minimum Gasteiger partial charge on any atom is -0.491 e. The van der Waals surface area contributed by atoms with Gasteiger partial charge in [-0.2, -0.15) is 0 Å². The summed E-state index contributed by atoms with van der Waals surface area (Å²) in [5.41, 5.74) is 0. The highest BCUT2D eigenvalue weighted by molar-refractivity contribution is 5.20. The summed E-state index contributed by atoms with van der Waals surface area (Å²) in [6.45, 7) is 13.9. The molecule has 0 aromatic heterocycles. The molecule has 0 radical (unpaired) electrons. The lowest BCUT2D eigenvalue weighted by Gasteiger charge is -2.09. The van der Waals surface area contributed by atoms with Gasteiger partial charge in [-0.15, -0.1) is 0 Å². The molecule has 0 aliphatic heterocycles. The van der Waals surface area contributed by atoms with Crippen molar-refractivity contribution < 1.29 is 52.1 Å². The van der Waals surface area contributed by atoms with Crippen LogP contribution in [0, 0.1) is 0 Å². The number of rotatable bonds is 42. The second-order valence-corrected chi connectivity index (χ2v) is 11.5. The first-order chi connectivity index (χ1) is 24.4. The SMILES string of the molecule is CCCCCCCCCCCCOCCOCCOCCOCCOCCOCCOCCOCCOCCOCCOc1ccccc1. The average Bonchev–Trinajstić information content (AvgIpc) is 3.12. The maximum atomic E-state index is 5.65. The summed E-state index contributed by atoms with van der Waals surface area (Å²) in [5, 5.41) is 0. The van der Waals surface area contributed by atoms with Gasteiger partial charge in [0.2, 0.25) is 0 Å². The van der Waals surface area contributed by atoms with Gasteiger partial charge in [0, 0.05) is 6.61 Å². The summed E-state index contributed by atoms with van der Waals surface area (Å²) in [6, 6.07) is 9.69. The number of benzene rings is 1. The Labute approximate surface area is 297 Å². The van der Waals surface area contributed by atoms with Gasteiger partial charge in [0.05, 0.1) is 126 Å². The van der Waals surface area contributed by atoms with Crippen molar-refractivity contribution in [1.29, 1.82) is 0 Å². The highest BCUT2D eigenvalue weighted by Crippen LogP contribution is 2.10. The monoisotopic (exact) mass is 702 g/mol. The van der Waals surface area contributed by atoms with E-state index >= 15 is 0 Å². The van der Waals surface area contributed by atoms with E-state index in [0.717, 1.165) is 18.8 Å². The van der Waals surface area contributed by atoms with E-state index in [1.807, 2.05) is 30.3 Å². The van der Waals surface area contributed by atoms with Crippen molar-refractivity contribution in [3.63, 3.8) is 0 Å². The molecule has 11 nitrogen and oxygen atoms in total. The summed E-state index contributed by atoms with van der Waals surface area (Å²) in [7, 11) is 0. The molecule has 0 unspecified atom stereocenters. The minimum atomic E-state index is 0.520. The van der Waals surface area contributed by atoms with E-state index in [2.05, 4.69) is 6.92 Å². The van der Waals surface area contributed by atoms with Gasteiger partial charge in [0.15, 0.2) is 0 Å². The number of para-hydroxylation sites is 1. The molecule has 0 amide bonds. The molecule has 0 saturated carbocycles. The van der Waals surface area contributed by atoms with Crippen LogP contribution in [0.5, 0.6) is 5.75 Å². The molecule has 11 heteroatoms. The minimum absolute atomic E-state index is 0.520. The Balaban J connectivity index is 1.60. The summed E-state index contributed by atoms with van der Waals surface area (Å²) in [5.74, 6) is 0.848. The molecule has 1 aromatic carbocycles. The van der Waals surface area contributed by atoms with Gasteiger partial charge in [-0.3, -0.25) is 0 Å². The zero-order valence-electron chi connectivity index (χ0n) is 30.8. The standard InChI is InChI=1S/C38H70O11/c1-2-3-4-5-6-7-8-9-10-14-17-39-18-19-40-20-21-41-22-23-42-24-25-43-26-27-44-28-29-45-30-31-46-32-33-47-34-35-48-36-37-49-38-15-12-11-13-16-38/h11-13,15-16H,2-10,14,17-37H2,1H3. The number of hydrogen-bond donors (Lipinski definition) is 0. The molecule has 0 heterocycles. The zero-order valence-corrected chi connectivity index (χ0v) is 30.8. The van der Waals surface area contributed by atoms with Crippen LogP contribution < -0.4 is 4.74 Å². The van der Waals surface area contributed by atoms with E-state index in [-0.39, 0.29) is 0 Å². The first-order valence-corrected chi connectivity index (χ1v) is 18.9. The number of ether oxygens (including phenoxy) is 11. The Kier molecular flexibility index (Phi) is 38.2. The predicted molar refractivity (Wildman–Crippen MR) is 192 cm³/mol. The van der Waals surface area contributed by atoms with Gasteiger partial charge in [0.1, 0.15) is 12.4 Å². The highest BCUT2D eigenvalue weighted by Gasteiger charge is 1.98. The first-order valence-electron chi connectivity index (χ1n) is 18.9. The quantitative estimate of drug-likeness (QED) is 0.0734. The Morgan fingerprint density at radius 1 is 0.286 bits per heavy atom. The van der Waals surface area contributed by atoms with E-state index in [0.29, 0.717) is 132 Å². The van der Waals surface area contributed by atoms with Crippen molar-refractivity contribution in [3.05, 3.63) is 30.3 Å². The average molecular weight is 703 g/mol. The summed E-state index contributed by atoms with van der Waals surface area (Å²) >= 11 is 0. The largest absolute Gasteiger partial charge is 0.491 e. The lowest BCUT2D eigenvalue weighted by molar-refractivity contribution is -0.0267. The van der Waals surface area contributed by atoms with Crippen molar-refractivity contribution in [2.24, 2.45) is 0 Å². The predicted octanol–water partition coefficient (Wildman–Crippen LogP) is 6.15. The molecular weight excluding hydrogens is 632 g/mol. The Bertz CT molecular complexity index is 729. The van der Waals surface area contributed by atoms with Gasteiger partial charge >= 0.3 is 0 Å². The molecule has 1 rings (SSSR count). The fraction of sp³-hybridized carbons (Fsp3) is 0.842. The normalized spacial score (nSPS) is 11.4. The molecule has 0 fully saturated rings. The van der Waals surface area contributed by atoms with Crippen LogP contribution in [0.3, 0.4) is 0 Å². The smallest absolute Gasteiger partial charge is 0.119 e. The second-order valence-electron chi connectivity index (χ2n) is 11.5. The maximum absolute atomic E-state index is 5.65. The Morgan fingerprint density at radius 2 is 0.551 bits per heavy atom. The zero-order chi connectivity index (χ0) is 34.8. The van der Waals surface area contributed by atoms with Crippen molar-refractivity contribution in [2.75, 3.05) is 139 Å². The highest BCUT2D eigenvalue weighted by atomic mass is 16.6.